The third-order valence-electron chi connectivity index (χ3n) is 2.48. The highest BCUT2D eigenvalue weighted by molar-refractivity contribution is 6.30. The molecule has 1 nitrogen and oxygen atoms in total. The van der Waals surface area contributed by atoms with Gasteiger partial charge in [0.25, 0.3) is 0 Å². The van der Waals surface area contributed by atoms with Crippen LogP contribution in [0.15, 0.2) is 18.2 Å². The van der Waals surface area contributed by atoms with E-state index in [1.165, 1.54) is 6.07 Å². The van der Waals surface area contributed by atoms with Crippen molar-refractivity contribution in [1.29, 1.82) is 0 Å². The van der Waals surface area contributed by atoms with Crippen molar-refractivity contribution in [2.24, 2.45) is 5.92 Å². The highest BCUT2D eigenvalue weighted by Gasteiger charge is 2.19. The number of aliphatic hydroxyl groups excluding tert-OH is 1. The van der Waals surface area contributed by atoms with Crippen molar-refractivity contribution in [3.8, 4) is 0 Å². The minimum absolute atomic E-state index is 0.0305. The van der Waals surface area contributed by atoms with Crippen LogP contribution < -0.4 is 0 Å². The first-order valence-electron chi connectivity index (χ1n) is 4.69. The second-order valence-corrected chi connectivity index (χ2v) is 3.88. The van der Waals surface area contributed by atoms with E-state index in [1.54, 1.807) is 12.1 Å². The summed E-state index contributed by atoms with van der Waals surface area (Å²) in [5.74, 6) is -0.482. The average Bonchev–Trinajstić information content (AvgIpc) is 2.20. The van der Waals surface area contributed by atoms with Gasteiger partial charge in [-0.15, -0.1) is 0 Å². The van der Waals surface area contributed by atoms with Gasteiger partial charge in [0.15, 0.2) is 0 Å². The first kappa shape index (κ1) is 11.5. The molecule has 0 aliphatic carbocycles. The lowest BCUT2D eigenvalue weighted by atomic mass is 9.95. The van der Waals surface area contributed by atoms with Gasteiger partial charge in [-0.1, -0.05) is 44.0 Å². The van der Waals surface area contributed by atoms with E-state index in [9.17, 15) is 9.50 Å². The van der Waals surface area contributed by atoms with E-state index in [4.69, 9.17) is 11.6 Å². The Bertz CT molecular complexity index is 314. The standard InChI is InChI=1S/C11H14ClFO/c1-3-7(2)11(14)8-5-4-6-9(12)10(8)13/h4-7,11,14H,3H2,1-2H3. The summed E-state index contributed by atoms with van der Waals surface area (Å²) in [5, 5.41) is 9.86. The monoisotopic (exact) mass is 216 g/mol. The Balaban J connectivity index is 3.01. The maximum atomic E-state index is 13.5. The molecule has 0 saturated carbocycles. The molecule has 14 heavy (non-hydrogen) atoms. The molecule has 0 amide bonds. The molecule has 1 aromatic rings. The predicted octanol–water partition coefficient (Wildman–Crippen LogP) is 3.56. The Morgan fingerprint density at radius 2 is 2.14 bits per heavy atom. The van der Waals surface area contributed by atoms with Crippen LogP contribution in [-0.2, 0) is 0 Å². The molecular formula is C11H14ClFO. The predicted molar refractivity (Wildman–Crippen MR) is 55.8 cm³/mol. The number of aliphatic hydroxyl groups is 1. The fourth-order valence-corrected chi connectivity index (χ4v) is 1.46. The van der Waals surface area contributed by atoms with Gasteiger partial charge in [-0.05, 0) is 12.0 Å². The second kappa shape index (κ2) is 4.76. The van der Waals surface area contributed by atoms with Crippen LogP contribution >= 0.6 is 11.6 Å². The fourth-order valence-electron chi connectivity index (χ4n) is 1.28. The molecule has 0 aliphatic rings. The van der Waals surface area contributed by atoms with Gasteiger partial charge in [-0.25, -0.2) is 4.39 Å². The molecular weight excluding hydrogens is 203 g/mol. The van der Waals surface area contributed by atoms with Crippen molar-refractivity contribution in [1.82, 2.24) is 0 Å². The van der Waals surface area contributed by atoms with Crippen LogP contribution in [0.3, 0.4) is 0 Å². The lowest BCUT2D eigenvalue weighted by Gasteiger charge is -2.18. The van der Waals surface area contributed by atoms with Gasteiger partial charge >= 0.3 is 0 Å². The van der Waals surface area contributed by atoms with E-state index >= 15 is 0 Å². The normalized spacial score (nSPS) is 15.2. The molecule has 1 rings (SSSR count). The van der Waals surface area contributed by atoms with E-state index in [1.807, 2.05) is 13.8 Å². The Morgan fingerprint density at radius 1 is 1.50 bits per heavy atom. The largest absolute Gasteiger partial charge is 0.388 e. The Kier molecular flexibility index (Phi) is 3.90. The molecule has 78 valence electrons. The lowest BCUT2D eigenvalue weighted by molar-refractivity contribution is 0.111. The third kappa shape index (κ3) is 2.25. The zero-order valence-corrected chi connectivity index (χ0v) is 9.05. The third-order valence-corrected chi connectivity index (χ3v) is 2.77. The van der Waals surface area contributed by atoms with Gasteiger partial charge in [0.2, 0.25) is 0 Å². The minimum Gasteiger partial charge on any atom is -0.388 e. The highest BCUT2D eigenvalue weighted by Crippen LogP contribution is 2.29. The SMILES string of the molecule is CCC(C)C(O)c1cccc(Cl)c1F. The second-order valence-electron chi connectivity index (χ2n) is 3.47. The summed E-state index contributed by atoms with van der Waals surface area (Å²) in [4.78, 5) is 0. The van der Waals surface area contributed by atoms with Crippen molar-refractivity contribution in [2.75, 3.05) is 0 Å². The van der Waals surface area contributed by atoms with Crippen molar-refractivity contribution in [3.63, 3.8) is 0 Å². The molecule has 0 aromatic heterocycles. The van der Waals surface area contributed by atoms with Crippen LogP contribution in [0.5, 0.6) is 0 Å². The van der Waals surface area contributed by atoms with Crippen LogP contribution in [0.4, 0.5) is 4.39 Å². The molecule has 3 heteroatoms. The molecule has 0 bridgehead atoms. The van der Waals surface area contributed by atoms with Crippen LogP contribution in [0.25, 0.3) is 0 Å². The summed E-state index contributed by atoms with van der Waals surface area (Å²) in [5.41, 5.74) is 0.284. The zero-order valence-electron chi connectivity index (χ0n) is 8.30. The van der Waals surface area contributed by atoms with E-state index in [-0.39, 0.29) is 16.5 Å². The number of hydrogen-bond acceptors (Lipinski definition) is 1. The summed E-state index contributed by atoms with van der Waals surface area (Å²) >= 11 is 5.62. The Morgan fingerprint density at radius 3 is 2.71 bits per heavy atom. The van der Waals surface area contributed by atoms with Crippen LogP contribution in [-0.4, -0.2) is 5.11 Å². The quantitative estimate of drug-likeness (QED) is 0.819. The van der Waals surface area contributed by atoms with Crippen LogP contribution in [0.2, 0.25) is 5.02 Å². The van der Waals surface area contributed by atoms with Gasteiger partial charge in [0.05, 0.1) is 11.1 Å². The smallest absolute Gasteiger partial charge is 0.147 e. The molecule has 0 saturated heterocycles. The first-order chi connectivity index (χ1) is 6.57. The summed E-state index contributed by atoms with van der Waals surface area (Å²) in [6.45, 7) is 3.83. The summed E-state index contributed by atoms with van der Waals surface area (Å²) < 4.78 is 13.5. The number of benzene rings is 1. The van der Waals surface area contributed by atoms with Crippen LogP contribution in [0.1, 0.15) is 31.9 Å². The van der Waals surface area contributed by atoms with Gasteiger partial charge in [0.1, 0.15) is 5.82 Å². The van der Waals surface area contributed by atoms with Gasteiger partial charge < -0.3 is 5.11 Å². The fraction of sp³-hybridized carbons (Fsp3) is 0.455. The van der Waals surface area contributed by atoms with Gasteiger partial charge in [-0.3, -0.25) is 0 Å². The number of hydrogen-bond donors (Lipinski definition) is 1. The summed E-state index contributed by atoms with van der Waals surface area (Å²) in [6, 6.07) is 4.69. The van der Waals surface area contributed by atoms with Crippen molar-refractivity contribution >= 4 is 11.6 Å². The molecule has 0 aliphatic heterocycles. The maximum absolute atomic E-state index is 13.5. The zero-order chi connectivity index (χ0) is 10.7. The number of halogens is 2. The van der Waals surface area contributed by atoms with Crippen molar-refractivity contribution < 1.29 is 9.50 Å². The summed E-state index contributed by atoms with van der Waals surface area (Å²) in [7, 11) is 0. The Hall–Kier alpha value is -0.600. The van der Waals surface area contributed by atoms with Crippen molar-refractivity contribution in [2.45, 2.75) is 26.4 Å². The molecule has 2 atom stereocenters. The molecule has 1 N–H and O–H groups in total. The topological polar surface area (TPSA) is 20.2 Å². The molecule has 0 radical (unpaired) electrons. The maximum Gasteiger partial charge on any atom is 0.147 e. The lowest BCUT2D eigenvalue weighted by Crippen LogP contribution is -2.10. The molecule has 0 spiro atoms. The minimum atomic E-state index is -0.779. The molecule has 1 aromatic carbocycles. The molecule has 0 fully saturated rings. The van der Waals surface area contributed by atoms with E-state index in [2.05, 4.69) is 0 Å². The van der Waals surface area contributed by atoms with Gasteiger partial charge in [-0.2, -0.15) is 0 Å². The van der Waals surface area contributed by atoms with Crippen molar-refractivity contribution in [3.05, 3.63) is 34.6 Å². The van der Waals surface area contributed by atoms with Gasteiger partial charge in [0, 0.05) is 5.56 Å². The number of rotatable bonds is 3. The molecule has 0 heterocycles. The first-order valence-corrected chi connectivity index (χ1v) is 5.07. The highest BCUT2D eigenvalue weighted by atomic mass is 35.5. The molecule has 2 unspecified atom stereocenters. The van der Waals surface area contributed by atoms with E-state index in [0.29, 0.717) is 0 Å². The van der Waals surface area contributed by atoms with E-state index in [0.717, 1.165) is 6.42 Å². The Labute approximate surface area is 88.5 Å². The van der Waals surface area contributed by atoms with E-state index < -0.39 is 11.9 Å². The average molecular weight is 217 g/mol. The van der Waals surface area contributed by atoms with Crippen LogP contribution in [0, 0.1) is 11.7 Å². The summed E-state index contributed by atoms with van der Waals surface area (Å²) in [6.07, 6.45) is 0.0197.